The minimum Gasteiger partial charge on any atom is -0.356 e. The lowest BCUT2D eigenvalue weighted by molar-refractivity contribution is -0.124. The predicted molar refractivity (Wildman–Crippen MR) is 36.0 cm³/mol. The van der Waals surface area contributed by atoms with E-state index in [4.69, 9.17) is 0 Å². The van der Waals surface area contributed by atoms with Crippen molar-refractivity contribution in [2.45, 2.75) is 20.3 Å². The van der Waals surface area contributed by atoms with Crippen molar-refractivity contribution in [3.63, 3.8) is 0 Å². The number of piperidine rings is 1. The molecule has 1 fully saturated rings. The van der Waals surface area contributed by atoms with Crippen molar-refractivity contribution in [2.24, 2.45) is 11.8 Å². The van der Waals surface area contributed by atoms with Crippen LogP contribution in [0.1, 0.15) is 20.3 Å². The molecule has 9 heavy (non-hydrogen) atoms. The normalized spacial score (nSPS) is 36.0. The molecule has 2 atom stereocenters. The topological polar surface area (TPSA) is 29.1 Å². The molecule has 1 saturated heterocycles. The Bertz CT molecular complexity index is 122. The number of hydrogen-bond donors (Lipinski definition) is 1. The van der Waals surface area contributed by atoms with Crippen LogP contribution in [-0.4, -0.2) is 12.5 Å². The summed E-state index contributed by atoms with van der Waals surface area (Å²) in [6.07, 6.45) is 0.709. The van der Waals surface area contributed by atoms with Gasteiger partial charge in [0.2, 0.25) is 5.91 Å². The first-order chi connectivity index (χ1) is 4.20. The fourth-order valence-corrected chi connectivity index (χ4v) is 1.04. The lowest BCUT2D eigenvalue weighted by Gasteiger charge is -2.25. The highest BCUT2D eigenvalue weighted by Crippen LogP contribution is 2.17. The summed E-state index contributed by atoms with van der Waals surface area (Å²) in [5.41, 5.74) is 0. The van der Waals surface area contributed by atoms with Crippen molar-refractivity contribution >= 4 is 5.91 Å². The molecule has 0 unspecified atom stereocenters. The van der Waals surface area contributed by atoms with Crippen LogP contribution in [0.4, 0.5) is 0 Å². The molecule has 0 aromatic heterocycles. The molecule has 1 aliphatic rings. The number of rotatable bonds is 0. The van der Waals surface area contributed by atoms with E-state index >= 15 is 0 Å². The fraction of sp³-hybridized carbons (Fsp3) is 0.857. The lowest BCUT2D eigenvalue weighted by atomic mass is 9.90. The Balaban J connectivity index is 2.44. The molecule has 0 aromatic rings. The van der Waals surface area contributed by atoms with Gasteiger partial charge in [0.15, 0.2) is 0 Å². The van der Waals surface area contributed by atoms with Crippen molar-refractivity contribution in [1.29, 1.82) is 0 Å². The van der Waals surface area contributed by atoms with Gasteiger partial charge >= 0.3 is 0 Å². The van der Waals surface area contributed by atoms with Gasteiger partial charge in [-0.3, -0.25) is 4.79 Å². The van der Waals surface area contributed by atoms with Gasteiger partial charge in [0.05, 0.1) is 0 Å². The summed E-state index contributed by atoms with van der Waals surface area (Å²) in [6.45, 7) is 5.16. The summed E-state index contributed by atoms with van der Waals surface area (Å²) in [4.78, 5) is 10.7. The highest BCUT2D eigenvalue weighted by molar-refractivity contribution is 5.76. The number of carbonyl (C=O) groups excluding carboxylic acids is 1. The zero-order valence-corrected chi connectivity index (χ0v) is 5.98. The summed E-state index contributed by atoms with van der Waals surface area (Å²) >= 11 is 0. The van der Waals surface area contributed by atoms with Crippen molar-refractivity contribution < 1.29 is 4.79 Å². The van der Waals surface area contributed by atoms with E-state index in [1.165, 1.54) is 0 Å². The number of hydrogen-bond acceptors (Lipinski definition) is 1. The third-order valence-electron chi connectivity index (χ3n) is 2.10. The van der Waals surface area contributed by atoms with Gasteiger partial charge in [-0.15, -0.1) is 0 Å². The monoisotopic (exact) mass is 127 g/mol. The molecule has 0 spiro atoms. The van der Waals surface area contributed by atoms with Gasteiger partial charge in [0.25, 0.3) is 0 Å². The maximum absolute atomic E-state index is 10.7. The third kappa shape index (κ3) is 1.44. The molecule has 1 aliphatic heterocycles. The molecule has 0 bridgehead atoms. The van der Waals surface area contributed by atoms with E-state index in [9.17, 15) is 4.79 Å². The minimum absolute atomic E-state index is 0.209. The molecular formula is C7H13NO. The molecule has 2 heteroatoms. The van der Waals surface area contributed by atoms with Crippen LogP contribution < -0.4 is 5.32 Å². The maximum atomic E-state index is 10.7. The average molecular weight is 127 g/mol. The molecule has 0 saturated carbocycles. The Hall–Kier alpha value is -0.530. The molecule has 0 radical (unpaired) electrons. The van der Waals surface area contributed by atoms with Crippen LogP contribution in [-0.2, 0) is 4.79 Å². The van der Waals surface area contributed by atoms with Gasteiger partial charge in [-0.25, -0.2) is 0 Å². The first-order valence-corrected chi connectivity index (χ1v) is 3.47. The quantitative estimate of drug-likeness (QED) is 0.512. The Labute approximate surface area is 55.6 Å². The van der Waals surface area contributed by atoms with Gasteiger partial charge in [-0.2, -0.15) is 0 Å². The Kier molecular flexibility index (Phi) is 1.74. The Morgan fingerprint density at radius 2 is 2.11 bits per heavy atom. The molecule has 52 valence electrons. The first kappa shape index (κ1) is 6.59. The summed E-state index contributed by atoms with van der Waals surface area (Å²) in [5.74, 6) is 1.43. The van der Waals surface area contributed by atoms with Gasteiger partial charge in [-0.05, 0) is 11.8 Å². The highest BCUT2D eigenvalue weighted by Gasteiger charge is 2.20. The SMILES string of the molecule is C[C@H]1CNC(=O)C[C@@H]1C. The summed E-state index contributed by atoms with van der Waals surface area (Å²) in [6, 6.07) is 0. The number of carbonyl (C=O) groups is 1. The standard InChI is InChI=1S/C7H13NO/c1-5-3-7(9)8-4-6(5)2/h5-6H,3-4H2,1-2H3,(H,8,9)/t5-,6-/m0/s1. The highest BCUT2D eigenvalue weighted by atomic mass is 16.1. The van der Waals surface area contributed by atoms with Gasteiger partial charge in [-0.1, -0.05) is 13.8 Å². The summed E-state index contributed by atoms with van der Waals surface area (Å²) in [5, 5.41) is 2.82. The second-order valence-electron chi connectivity index (χ2n) is 2.96. The molecular weight excluding hydrogens is 114 g/mol. The minimum atomic E-state index is 0.209. The second kappa shape index (κ2) is 2.38. The first-order valence-electron chi connectivity index (χ1n) is 3.47. The molecule has 1 N–H and O–H groups in total. The zero-order valence-electron chi connectivity index (χ0n) is 5.98. The number of amides is 1. The third-order valence-corrected chi connectivity index (χ3v) is 2.10. The molecule has 0 aliphatic carbocycles. The van der Waals surface area contributed by atoms with Gasteiger partial charge < -0.3 is 5.32 Å². The van der Waals surface area contributed by atoms with Gasteiger partial charge in [0, 0.05) is 13.0 Å². The van der Waals surface area contributed by atoms with Crippen molar-refractivity contribution in [2.75, 3.05) is 6.54 Å². The summed E-state index contributed by atoms with van der Waals surface area (Å²) < 4.78 is 0. The van der Waals surface area contributed by atoms with E-state index in [-0.39, 0.29) is 5.91 Å². The molecule has 1 heterocycles. The fourth-order valence-electron chi connectivity index (χ4n) is 1.04. The zero-order chi connectivity index (χ0) is 6.85. The van der Waals surface area contributed by atoms with Crippen LogP contribution in [0.5, 0.6) is 0 Å². The maximum Gasteiger partial charge on any atom is 0.220 e. The van der Waals surface area contributed by atoms with Crippen molar-refractivity contribution in [3.8, 4) is 0 Å². The summed E-state index contributed by atoms with van der Waals surface area (Å²) in [7, 11) is 0. The molecule has 2 nitrogen and oxygen atoms in total. The van der Waals surface area contributed by atoms with Crippen LogP contribution in [0.25, 0.3) is 0 Å². The average Bonchev–Trinajstić information content (AvgIpc) is 1.80. The van der Waals surface area contributed by atoms with Crippen molar-refractivity contribution in [3.05, 3.63) is 0 Å². The van der Waals surface area contributed by atoms with Gasteiger partial charge in [0.1, 0.15) is 0 Å². The van der Waals surface area contributed by atoms with Crippen LogP contribution in [0.3, 0.4) is 0 Å². The van der Waals surface area contributed by atoms with E-state index in [0.29, 0.717) is 18.3 Å². The van der Waals surface area contributed by atoms with Crippen LogP contribution >= 0.6 is 0 Å². The van der Waals surface area contributed by atoms with E-state index < -0.39 is 0 Å². The van der Waals surface area contributed by atoms with E-state index in [0.717, 1.165) is 6.54 Å². The Morgan fingerprint density at radius 1 is 1.44 bits per heavy atom. The van der Waals surface area contributed by atoms with E-state index in [1.54, 1.807) is 0 Å². The van der Waals surface area contributed by atoms with E-state index in [1.807, 2.05) is 0 Å². The van der Waals surface area contributed by atoms with Crippen LogP contribution in [0.15, 0.2) is 0 Å². The molecule has 0 aromatic carbocycles. The Morgan fingerprint density at radius 3 is 2.56 bits per heavy atom. The smallest absolute Gasteiger partial charge is 0.220 e. The van der Waals surface area contributed by atoms with Crippen molar-refractivity contribution in [1.82, 2.24) is 5.32 Å². The number of nitrogens with one attached hydrogen (secondary N) is 1. The van der Waals surface area contributed by atoms with Crippen LogP contribution in [0.2, 0.25) is 0 Å². The van der Waals surface area contributed by atoms with E-state index in [2.05, 4.69) is 19.2 Å². The lowest BCUT2D eigenvalue weighted by Crippen LogP contribution is -2.38. The predicted octanol–water partition coefficient (Wildman–Crippen LogP) is 0.778. The largest absolute Gasteiger partial charge is 0.356 e. The van der Waals surface area contributed by atoms with Crippen LogP contribution in [0, 0.1) is 11.8 Å². The molecule has 1 amide bonds. The molecule has 1 rings (SSSR count). The second-order valence-corrected chi connectivity index (χ2v) is 2.96.